The van der Waals surface area contributed by atoms with Crippen LogP contribution in [0.4, 0.5) is 0 Å². The lowest BCUT2D eigenvalue weighted by Gasteiger charge is -2.17. The van der Waals surface area contributed by atoms with Gasteiger partial charge in [-0.1, -0.05) is 0 Å². The second-order valence-corrected chi connectivity index (χ2v) is 4.91. The van der Waals surface area contributed by atoms with Crippen molar-refractivity contribution in [2.75, 3.05) is 0 Å². The minimum Gasteiger partial charge on any atom is -0.345 e. The molecule has 1 amide bonds. The summed E-state index contributed by atoms with van der Waals surface area (Å²) >= 11 is 1.59. The van der Waals surface area contributed by atoms with Crippen molar-refractivity contribution in [2.45, 2.75) is 31.8 Å². The van der Waals surface area contributed by atoms with Crippen LogP contribution in [-0.2, 0) is 4.79 Å². The van der Waals surface area contributed by atoms with Crippen LogP contribution in [0.25, 0.3) is 0 Å². The summed E-state index contributed by atoms with van der Waals surface area (Å²) in [6.45, 7) is 1.70. The molecule has 2 rings (SSSR count). The van der Waals surface area contributed by atoms with E-state index >= 15 is 0 Å². The Morgan fingerprint density at radius 1 is 1.73 bits per heavy atom. The second-order valence-electron chi connectivity index (χ2n) is 3.98. The molecule has 4 nitrogen and oxygen atoms in total. The monoisotopic (exact) mass is 225 g/mol. The molecule has 0 spiro atoms. The first kappa shape index (κ1) is 10.6. The standard InChI is InChI=1S/C10H15N3OS/c1-6(11)9(14)13-8(7-2-3-7)10-12-4-5-15-10/h4-8H,2-3,11H2,1H3,(H,13,14)/t6-,8-/m1/s1. The van der Waals surface area contributed by atoms with Crippen LogP contribution >= 0.6 is 11.3 Å². The lowest BCUT2D eigenvalue weighted by molar-refractivity contribution is -0.122. The zero-order valence-electron chi connectivity index (χ0n) is 8.64. The second kappa shape index (κ2) is 4.28. The van der Waals surface area contributed by atoms with Crippen molar-refractivity contribution in [3.63, 3.8) is 0 Å². The topological polar surface area (TPSA) is 68.0 Å². The molecule has 5 heteroatoms. The molecular formula is C10H15N3OS. The van der Waals surface area contributed by atoms with E-state index in [0.717, 1.165) is 5.01 Å². The molecule has 1 saturated carbocycles. The Morgan fingerprint density at radius 2 is 2.47 bits per heavy atom. The molecule has 3 N–H and O–H groups in total. The van der Waals surface area contributed by atoms with Gasteiger partial charge in [0.15, 0.2) is 0 Å². The van der Waals surface area contributed by atoms with Crippen LogP contribution in [0, 0.1) is 5.92 Å². The number of hydrogen-bond acceptors (Lipinski definition) is 4. The Balaban J connectivity index is 2.04. The average Bonchev–Trinajstić information content (AvgIpc) is 2.89. The van der Waals surface area contributed by atoms with Crippen molar-refractivity contribution in [1.82, 2.24) is 10.3 Å². The largest absolute Gasteiger partial charge is 0.345 e. The van der Waals surface area contributed by atoms with Gasteiger partial charge < -0.3 is 11.1 Å². The van der Waals surface area contributed by atoms with Crippen molar-refractivity contribution in [1.29, 1.82) is 0 Å². The smallest absolute Gasteiger partial charge is 0.237 e. The molecule has 0 bridgehead atoms. The molecule has 1 heterocycles. The third-order valence-electron chi connectivity index (χ3n) is 2.52. The molecule has 0 aliphatic heterocycles. The number of carbonyl (C=O) groups excluding carboxylic acids is 1. The van der Waals surface area contributed by atoms with Crippen LogP contribution in [0.5, 0.6) is 0 Å². The summed E-state index contributed by atoms with van der Waals surface area (Å²) < 4.78 is 0. The first-order chi connectivity index (χ1) is 7.18. The van der Waals surface area contributed by atoms with Crippen LogP contribution in [-0.4, -0.2) is 16.9 Å². The van der Waals surface area contributed by atoms with Crippen molar-refractivity contribution >= 4 is 17.2 Å². The van der Waals surface area contributed by atoms with Gasteiger partial charge in [0.2, 0.25) is 5.91 Å². The molecule has 82 valence electrons. The van der Waals surface area contributed by atoms with Gasteiger partial charge in [-0.05, 0) is 25.7 Å². The molecule has 0 saturated heterocycles. The van der Waals surface area contributed by atoms with Crippen LogP contribution in [0.15, 0.2) is 11.6 Å². The highest BCUT2D eigenvalue weighted by molar-refractivity contribution is 7.09. The number of amides is 1. The third-order valence-corrected chi connectivity index (χ3v) is 3.38. The SMILES string of the molecule is C[C@@H](N)C(=O)N[C@@H](c1nccs1)C1CC1. The Labute approximate surface area is 92.9 Å². The zero-order chi connectivity index (χ0) is 10.8. The highest BCUT2D eigenvalue weighted by Gasteiger charge is 2.35. The predicted octanol–water partition coefficient (Wildman–Crippen LogP) is 1.06. The molecule has 1 aromatic heterocycles. The molecule has 1 aliphatic carbocycles. The van der Waals surface area contributed by atoms with E-state index in [2.05, 4.69) is 10.3 Å². The summed E-state index contributed by atoms with van der Waals surface area (Å²) in [5.41, 5.74) is 5.53. The van der Waals surface area contributed by atoms with Gasteiger partial charge in [-0.25, -0.2) is 4.98 Å². The summed E-state index contributed by atoms with van der Waals surface area (Å²) in [7, 11) is 0. The normalized spacial score (nSPS) is 19.6. The van der Waals surface area contributed by atoms with E-state index < -0.39 is 6.04 Å². The Kier molecular flexibility index (Phi) is 3.02. The first-order valence-corrected chi connectivity index (χ1v) is 6.02. The molecule has 1 aromatic rings. The van der Waals surface area contributed by atoms with Gasteiger partial charge in [0.1, 0.15) is 5.01 Å². The minimum atomic E-state index is -0.453. The Hall–Kier alpha value is -0.940. The number of thiazole rings is 1. The van der Waals surface area contributed by atoms with Crippen molar-refractivity contribution in [2.24, 2.45) is 11.7 Å². The first-order valence-electron chi connectivity index (χ1n) is 5.14. The van der Waals surface area contributed by atoms with Crippen LogP contribution in [0.3, 0.4) is 0 Å². The zero-order valence-corrected chi connectivity index (χ0v) is 9.46. The Bertz CT molecular complexity index is 332. The highest BCUT2D eigenvalue weighted by Crippen LogP contribution is 2.41. The van der Waals surface area contributed by atoms with Gasteiger partial charge in [-0.15, -0.1) is 11.3 Å². The fourth-order valence-corrected chi connectivity index (χ4v) is 2.26. The molecule has 1 aliphatic rings. The quantitative estimate of drug-likeness (QED) is 0.805. The average molecular weight is 225 g/mol. The number of rotatable bonds is 4. The number of nitrogens with two attached hydrogens (primary N) is 1. The maximum absolute atomic E-state index is 11.5. The molecule has 15 heavy (non-hydrogen) atoms. The van der Waals surface area contributed by atoms with E-state index in [4.69, 9.17) is 5.73 Å². The highest BCUT2D eigenvalue weighted by atomic mass is 32.1. The predicted molar refractivity (Wildman–Crippen MR) is 59.4 cm³/mol. The van der Waals surface area contributed by atoms with E-state index in [0.29, 0.717) is 5.92 Å². The summed E-state index contributed by atoms with van der Waals surface area (Å²) in [5.74, 6) is 0.459. The lowest BCUT2D eigenvalue weighted by Crippen LogP contribution is -2.40. The van der Waals surface area contributed by atoms with Gasteiger partial charge in [-0.3, -0.25) is 4.79 Å². The number of aromatic nitrogens is 1. The third kappa shape index (κ3) is 2.54. The maximum Gasteiger partial charge on any atom is 0.237 e. The molecule has 2 atom stereocenters. The van der Waals surface area contributed by atoms with E-state index in [1.54, 1.807) is 24.5 Å². The van der Waals surface area contributed by atoms with Crippen LogP contribution in [0.2, 0.25) is 0 Å². The van der Waals surface area contributed by atoms with Gasteiger partial charge in [0.25, 0.3) is 0 Å². The summed E-state index contributed by atoms with van der Waals surface area (Å²) in [4.78, 5) is 15.8. The van der Waals surface area contributed by atoms with E-state index in [1.807, 2.05) is 5.38 Å². The van der Waals surface area contributed by atoms with Gasteiger partial charge in [-0.2, -0.15) is 0 Å². The Morgan fingerprint density at radius 3 is 2.93 bits per heavy atom. The lowest BCUT2D eigenvalue weighted by atomic mass is 10.2. The van der Waals surface area contributed by atoms with Gasteiger partial charge in [0, 0.05) is 11.6 Å². The number of nitrogens with zero attached hydrogens (tertiary/aromatic N) is 1. The molecule has 0 radical (unpaired) electrons. The van der Waals surface area contributed by atoms with Crippen molar-refractivity contribution in [3.05, 3.63) is 16.6 Å². The summed E-state index contributed by atoms with van der Waals surface area (Å²) in [6, 6.07) is -0.380. The van der Waals surface area contributed by atoms with Gasteiger partial charge >= 0.3 is 0 Å². The van der Waals surface area contributed by atoms with E-state index in [1.165, 1.54) is 12.8 Å². The van der Waals surface area contributed by atoms with E-state index in [9.17, 15) is 4.79 Å². The summed E-state index contributed by atoms with van der Waals surface area (Å²) in [6.07, 6.45) is 4.11. The number of nitrogens with one attached hydrogen (secondary N) is 1. The van der Waals surface area contributed by atoms with Crippen molar-refractivity contribution in [3.8, 4) is 0 Å². The molecular weight excluding hydrogens is 210 g/mol. The molecule has 1 fully saturated rings. The van der Waals surface area contributed by atoms with Crippen LogP contribution < -0.4 is 11.1 Å². The van der Waals surface area contributed by atoms with E-state index in [-0.39, 0.29) is 11.9 Å². The fraction of sp³-hybridized carbons (Fsp3) is 0.600. The number of carbonyl (C=O) groups is 1. The fourth-order valence-electron chi connectivity index (χ4n) is 1.48. The van der Waals surface area contributed by atoms with Crippen LogP contribution in [0.1, 0.15) is 30.8 Å². The summed E-state index contributed by atoms with van der Waals surface area (Å²) in [5, 5.41) is 5.89. The molecule has 0 aromatic carbocycles. The van der Waals surface area contributed by atoms with Gasteiger partial charge in [0.05, 0.1) is 12.1 Å². The number of hydrogen-bond donors (Lipinski definition) is 2. The molecule has 0 unspecified atom stereocenters. The van der Waals surface area contributed by atoms with Crippen molar-refractivity contribution < 1.29 is 4.79 Å². The minimum absolute atomic E-state index is 0.0727. The maximum atomic E-state index is 11.5.